The second-order valence-electron chi connectivity index (χ2n) is 4.00. The molecule has 0 aliphatic carbocycles. The predicted octanol–water partition coefficient (Wildman–Crippen LogP) is 5.12. The topological polar surface area (TPSA) is 24.9 Å². The molecule has 2 aromatic rings. The van der Waals surface area contributed by atoms with E-state index in [9.17, 15) is 13.2 Å². The minimum Gasteiger partial charge on any atom is -0.373 e. The SMILES string of the molecule is CNc1cc(C(F)(F)F)cc(-c2cc(Cl)ccc2Cl)n1. The number of aromatic nitrogens is 1. The van der Waals surface area contributed by atoms with Crippen molar-refractivity contribution in [3.8, 4) is 11.3 Å². The number of pyridine rings is 1. The summed E-state index contributed by atoms with van der Waals surface area (Å²) >= 11 is 11.8. The van der Waals surface area contributed by atoms with Crippen molar-refractivity contribution >= 4 is 29.0 Å². The summed E-state index contributed by atoms with van der Waals surface area (Å²) in [5, 5.41) is 3.25. The van der Waals surface area contributed by atoms with E-state index in [2.05, 4.69) is 10.3 Å². The first-order valence-corrected chi connectivity index (χ1v) is 6.29. The summed E-state index contributed by atoms with van der Waals surface area (Å²) < 4.78 is 38.6. The van der Waals surface area contributed by atoms with Crippen LogP contribution < -0.4 is 5.32 Å². The third-order valence-electron chi connectivity index (χ3n) is 2.61. The first-order valence-electron chi connectivity index (χ1n) is 5.53. The van der Waals surface area contributed by atoms with Gasteiger partial charge in [0.05, 0.1) is 16.3 Å². The zero-order valence-electron chi connectivity index (χ0n) is 10.2. The lowest BCUT2D eigenvalue weighted by atomic mass is 10.1. The Hall–Kier alpha value is -1.46. The van der Waals surface area contributed by atoms with Crippen molar-refractivity contribution in [1.29, 1.82) is 0 Å². The Kier molecular flexibility index (Phi) is 4.11. The Morgan fingerprint density at radius 2 is 1.80 bits per heavy atom. The normalized spacial score (nSPS) is 11.5. The first-order chi connectivity index (χ1) is 9.31. The number of hydrogen-bond donors (Lipinski definition) is 1. The number of alkyl halides is 3. The molecule has 20 heavy (non-hydrogen) atoms. The van der Waals surface area contributed by atoms with Crippen LogP contribution in [0.3, 0.4) is 0 Å². The van der Waals surface area contributed by atoms with Crippen LogP contribution in [-0.4, -0.2) is 12.0 Å². The van der Waals surface area contributed by atoms with E-state index in [1.807, 2.05) is 0 Å². The maximum absolute atomic E-state index is 12.9. The highest BCUT2D eigenvalue weighted by Gasteiger charge is 2.31. The van der Waals surface area contributed by atoms with Gasteiger partial charge in [0.1, 0.15) is 5.82 Å². The summed E-state index contributed by atoms with van der Waals surface area (Å²) in [7, 11) is 1.49. The molecule has 0 amide bonds. The number of hydrogen-bond acceptors (Lipinski definition) is 2. The molecule has 0 spiro atoms. The predicted molar refractivity (Wildman–Crippen MR) is 74.2 cm³/mol. The zero-order chi connectivity index (χ0) is 14.9. The molecule has 0 unspecified atom stereocenters. The van der Waals surface area contributed by atoms with Crippen LogP contribution in [0.25, 0.3) is 11.3 Å². The summed E-state index contributed by atoms with van der Waals surface area (Å²) in [6.45, 7) is 0. The van der Waals surface area contributed by atoms with Crippen molar-refractivity contribution in [2.75, 3.05) is 12.4 Å². The lowest BCUT2D eigenvalue weighted by molar-refractivity contribution is -0.137. The molecule has 0 saturated carbocycles. The van der Waals surface area contributed by atoms with Gasteiger partial charge in [0.2, 0.25) is 0 Å². The van der Waals surface area contributed by atoms with Gasteiger partial charge in [0.25, 0.3) is 0 Å². The number of halogens is 5. The van der Waals surface area contributed by atoms with E-state index in [0.29, 0.717) is 10.6 Å². The largest absolute Gasteiger partial charge is 0.416 e. The van der Waals surface area contributed by atoms with E-state index >= 15 is 0 Å². The average Bonchev–Trinajstić information content (AvgIpc) is 2.40. The molecule has 1 heterocycles. The third kappa shape index (κ3) is 3.16. The van der Waals surface area contributed by atoms with Gasteiger partial charge >= 0.3 is 6.18 Å². The molecule has 0 bridgehead atoms. The molecular formula is C13H9Cl2F3N2. The molecule has 2 rings (SSSR count). The molecule has 0 fully saturated rings. The van der Waals surface area contributed by atoms with Crippen LogP contribution in [0, 0.1) is 0 Å². The highest BCUT2D eigenvalue weighted by atomic mass is 35.5. The van der Waals surface area contributed by atoms with Crippen molar-refractivity contribution < 1.29 is 13.2 Å². The highest BCUT2D eigenvalue weighted by molar-refractivity contribution is 6.35. The number of anilines is 1. The van der Waals surface area contributed by atoms with Crippen molar-refractivity contribution in [1.82, 2.24) is 4.98 Å². The summed E-state index contributed by atoms with van der Waals surface area (Å²) in [5.74, 6) is 0.103. The van der Waals surface area contributed by atoms with Gasteiger partial charge in [0, 0.05) is 17.6 Å². The van der Waals surface area contributed by atoms with Crippen LogP contribution in [0.1, 0.15) is 5.56 Å². The van der Waals surface area contributed by atoms with E-state index in [1.54, 1.807) is 6.07 Å². The van der Waals surface area contributed by atoms with Crippen LogP contribution in [0.5, 0.6) is 0 Å². The summed E-state index contributed by atoms with van der Waals surface area (Å²) in [5.41, 5.74) is -0.346. The number of nitrogens with one attached hydrogen (secondary N) is 1. The molecule has 0 aliphatic heterocycles. The van der Waals surface area contributed by atoms with E-state index in [4.69, 9.17) is 23.2 Å². The molecule has 106 valence electrons. The molecule has 2 nitrogen and oxygen atoms in total. The molecule has 1 aromatic carbocycles. The van der Waals surface area contributed by atoms with E-state index in [0.717, 1.165) is 12.1 Å². The number of rotatable bonds is 2. The second-order valence-corrected chi connectivity index (χ2v) is 4.84. The van der Waals surface area contributed by atoms with Crippen molar-refractivity contribution in [2.45, 2.75) is 6.18 Å². The number of benzene rings is 1. The molecule has 7 heteroatoms. The Balaban J connectivity index is 2.64. The molecule has 1 N–H and O–H groups in total. The molecule has 0 atom stereocenters. The molecule has 1 aromatic heterocycles. The van der Waals surface area contributed by atoms with Crippen molar-refractivity contribution in [3.05, 3.63) is 45.9 Å². The van der Waals surface area contributed by atoms with Crippen molar-refractivity contribution in [2.24, 2.45) is 0 Å². The highest BCUT2D eigenvalue weighted by Crippen LogP contribution is 2.35. The van der Waals surface area contributed by atoms with Gasteiger partial charge in [-0.05, 0) is 30.3 Å². The van der Waals surface area contributed by atoms with Crippen LogP contribution in [0.15, 0.2) is 30.3 Å². The molecular weight excluding hydrogens is 312 g/mol. The molecule has 0 aliphatic rings. The molecule has 0 radical (unpaired) electrons. The minimum atomic E-state index is -4.46. The quantitative estimate of drug-likeness (QED) is 0.831. The first kappa shape index (κ1) is 14.9. The van der Waals surface area contributed by atoms with Crippen LogP contribution >= 0.6 is 23.2 Å². The lowest BCUT2D eigenvalue weighted by Crippen LogP contribution is -2.07. The number of nitrogens with zero attached hydrogens (tertiary/aromatic N) is 1. The standard InChI is InChI=1S/C13H9Cl2F3N2/c1-19-12-5-7(13(16,17)18)4-11(20-12)9-6-8(14)2-3-10(9)15/h2-6H,1H3,(H,19,20). The monoisotopic (exact) mass is 320 g/mol. The summed E-state index contributed by atoms with van der Waals surface area (Å²) in [6, 6.07) is 6.42. The van der Waals surface area contributed by atoms with Gasteiger partial charge in [-0.25, -0.2) is 4.98 Å². The fourth-order valence-corrected chi connectivity index (χ4v) is 2.04. The van der Waals surface area contributed by atoms with E-state index in [1.165, 1.54) is 19.2 Å². The Labute approximate surface area is 123 Å². The van der Waals surface area contributed by atoms with Gasteiger partial charge in [-0.1, -0.05) is 23.2 Å². The van der Waals surface area contributed by atoms with E-state index < -0.39 is 11.7 Å². The summed E-state index contributed by atoms with van der Waals surface area (Å²) in [4.78, 5) is 4.08. The van der Waals surface area contributed by atoms with Gasteiger partial charge in [-0.15, -0.1) is 0 Å². The fourth-order valence-electron chi connectivity index (χ4n) is 1.65. The average molecular weight is 321 g/mol. The Morgan fingerprint density at radius 1 is 1.10 bits per heavy atom. The van der Waals surface area contributed by atoms with E-state index in [-0.39, 0.29) is 16.5 Å². The van der Waals surface area contributed by atoms with Gasteiger partial charge in [-0.3, -0.25) is 0 Å². The van der Waals surface area contributed by atoms with Crippen LogP contribution in [0.4, 0.5) is 19.0 Å². The zero-order valence-corrected chi connectivity index (χ0v) is 11.7. The Morgan fingerprint density at radius 3 is 2.40 bits per heavy atom. The Bertz CT molecular complexity index is 642. The van der Waals surface area contributed by atoms with Gasteiger partial charge < -0.3 is 5.32 Å². The fraction of sp³-hybridized carbons (Fsp3) is 0.154. The third-order valence-corrected chi connectivity index (χ3v) is 3.18. The van der Waals surface area contributed by atoms with Gasteiger partial charge in [0.15, 0.2) is 0 Å². The smallest absolute Gasteiger partial charge is 0.373 e. The minimum absolute atomic E-state index is 0.103. The van der Waals surface area contributed by atoms with Gasteiger partial charge in [-0.2, -0.15) is 13.2 Å². The maximum Gasteiger partial charge on any atom is 0.416 e. The van der Waals surface area contributed by atoms with Crippen LogP contribution in [0.2, 0.25) is 10.0 Å². The molecule has 0 saturated heterocycles. The van der Waals surface area contributed by atoms with Crippen LogP contribution in [-0.2, 0) is 6.18 Å². The summed E-state index contributed by atoms with van der Waals surface area (Å²) in [6.07, 6.45) is -4.46. The van der Waals surface area contributed by atoms with Crippen molar-refractivity contribution in [3.63, 3.8) is 0 Å². The lowest BCUT2D eigenvalue weighted by Gasteiger charge is -2.12. The second kappa shape index (κ2) is 5.50. The maximum atomic E-state index is 12.9.